The van der Waals surface area contributed by atoms with Gasteiger partial charge in [-0.3, -0.25) is 9.78 Å². The molecule has 13 heavy (non-hydrogen) atoms. The summed E-state index contributed by atoms with van der Waals surface area (Å²) in [4.78, 5) is 23.9. The van der Waals surface area contributed by atoms with E-state index >= 15 is 0 Å². The van der Waals surface area contributed by atoms with Crippen molar-refractivity contribution >= 4 is 5.91 Å². The number of carbonyl (C=O) groups is 1. The zero-order valence-corrected chi connectivity index (χ0v) is 7.00. The van der Waals surface area contributed by atoms with Crippen molar-refractivity contribution in [2.24, 2.45) is 0 Å². The molecule has 0 aliphatic rings. The third kappa shape index (κ3) is 2.41. The first kappa shape index (κ1) is 9.46. The Morgan fingerprint density at radius 2 is 2.46 bits per heavy atom. The van der Waals surface area contributed by atoms with Crippen molar-refractivity contribution in [1.82, 2.24) is 20.5 Å². The van der Waals surface area contributed by atoms with Crippen LogP contribution in [0.5, 0.6) is 0 Å². The number of aromatic amines is 2. The molecule has 0 saturated heterocycles. The normalized spacial score (nSPS) is 12.5. The molecule has 1 atom stereocenters. The monoisotopic (exact) mass is 186 g/mol. The Morgan fingerprint density at radius 3 is 2.92 bits per heavy atom. The molecule has 0 spiro atoms. The number of aliphatic hydroxyl groups excluding tert-OH is 1. The molecule has 0 saturated carbocycles. The van der Waals surface area contributed by atoms with E-state index in [4.69, 9.17) is 5.11 Å². The lowest BCUT2D eigenvalue weighted by molar-refractivity contribution is 0.0912. The Labute approximate surface area is 73.2 Å². The highest BCUT2D eigenvalue weighted by Crippen LogP contribution is 1.85. The number of carbonyl (C=O) groups excluding carboxylic acids is 1. The maximum Gasteiger partial charge on any atom is 0.341 e. The highest BCUT2D eigenvalue weighted by molar-refractivity contribution is 5.90. The summed E-state index contributed by atoms with van der Waals surface area (Å²) in [6.07, 6.45) is 0. The van der Waals surface area contributed by atoms with Gasteiger partial charge in [0.1, 0.15) is 0 Å². The van der Waals surface area contributed by atoms with Crippen LogP contribution in [0, 0.1) is 0 Å². The summed E-state index contributed by atoms with van der Waals surface area (Å²) in [5.74, 6) is -0.620. The molecule has 0 aliphatic carbocycles. The maximum absolute atomic E-state index is 11.2. The molecule has 0 aliphatic heterocycles. The second-order valence-corrected chi connectivity index (χ2v) is 2.58. The van der Waals surface area contributed by atoms with Gasteiger partial charge < -0.3 is 10.4 Å². The molecular formula is C6H10N4O3. The molecule has 7 nitrogen and oxygen atoms in total. The van der Waals surface area contributed by atoms with Gasteiger partial charge in [-0.05, 0) is 6.92 Å². The van der Waals surface area contributed by atoms with Gasteiger partial charge in [0, 0.05) is 6.04 Å². The van der Waals surface area contributed by atoms with E-state index in [9.17, 15) is 9.59 Å². The van der Waals surface area contributed by atoms with Crippen LogP contribution in [-0.2, 0) is 0 Å². The predicted octanol–water partition coefficient (Wildman–Crippen LogP) is -1.79. The lowest BCUT2D eigenvalue weighted by atomic mass is 10.3. The van der Waals surface area contributed by atoms with Crippen LogP contribution >= 0.6 is 0 Å². The van der Waals surface area contributed by atoms with Gasteiger partial charge in [0.25, 0.3) is 5.91 Å². The number of hydrogen-bond donors (Lipinski definition) is 4. The van der Waals surface area contributed by atoms with Gasteiger partial charge in [0.15, 0.2) is 0 Å². The van der Waals surface area contributed by atoms with Crippen LogP contribution in [0.15, 0.2) is 4.79 Å². The second kappa shape index (κ2) is 3.85. The van der Waals surface area contributed by atoms with E-state index in [1.807, 2.05) is 0 Å². The standard InChI is InChI=1S/C6H10N4O3/c1-3(2-11)7-5(12)4-8-6(13)10-9-4/h3,11H,2H2,1H3,(H,7,12)(H2,8,9,10,13)/t3-/m0/s1. The fourth-order valence-corrected chi connectivity index (χ4v) is 0.715. The van der Waals surface area contributed by atoms with Crippen molar-refractivity contribution in [3.8, 4) is 0 Å². The lowest BCUT2D eigenvalue weighted by Crippen LogP contribution is -2.35. The first-order chi connectivity index (χ1) is 6.13. The van der Waals surface area contributed by atoms with Crippen LogP contribution in [0.25, 0.3) is 0 Å². The second-order valence-electron chi connectivity index (χ2n) is 2.58. The molecule has 1 rings (SSSR count). The van der Waals surface area contributed by atoms with Gasteiger partial charge >= 0.3 is 5.69 Å². The fourth-order valence-electron chi connectivity index (χ4n) is 0.715. The number of hydrogen-bond acceptors (Lipinski definition) is 4. The van der Waals surface area contributed by atoms with Gasteiger partial charge in [-0.2, -0.15) is 0 Å². The van der Waals surface area contributed by atoms with Crippen molar-refractivity contribution in [2.45, 2.75) is 13.0 Å². The first-order valence-corrected chi connectivity index (χ1v) is 3.70. The molecule has 0 aromatic carbocycles. The van der Waals surface area contributed by atoms with E-state index in [0.29, 0.717) is 0 Å². The molecule has 1 aromatic rings. The molecule has 1 heterocycles. The van der Waals surface area contributed by atoms with E-state index in [2.05, 4.69) is 20.5 Å². The Hall–Kier alpha value is -1.63. The molecule has 1 amide bonds. The van der Waals surface area contributed by atoms with Crippen LogP contribution < -0.4 is 11.0 Å². The van der Waals surface area contributed by atoms with Crippen LogP contribution in [0.4, 0.5) is 0 Å². The zero-order chi connectivity index (χ0) is 9.84. The third-order valence-electron chi connectivity index (χ3n) is 1.37. The molecule has 7 heteroatoms. The summed E-state index contributed by atoms with van der Waals surface area (Å²) < 4.78 is 0. The molecule has 0 radical (unpaired) electrons. The highest BCUT2D eigenvalue weighted by atomic mass is 16.3. The maximum atomic E-state index is 11.2. The topological polar surface area (TPSA) is 111 Å². The summed E-state index contributed by atoms with van der Waals surface area (Å²) in [6, 6.07) is -0.368. The average molecular weight is 186 g/mol. The fraction of sp³-hybridized carbons (Fsp3) is 0.500. The number of aromatic nitrogens is 3. The lowest BCUT2D eigenvalue weighted by Gasteiger charge is -2.07. The van der Waals surface area contributed by atoms with Crippen molar-refractivity contribution < 1.29 is 9.90 Å². The van der Waals surface area contributed by atoms with E-state index < -0.39 is 11.6 Å². The van der Waals surface area contributed by atoms with Gasteiger partial charge in [-0.15, -0.1) is 5.10 Å². The SMILES string of the molecule is C[C@@H](CO)NC(=O)c1n[nH]c(=O)[nH]1. The molecule has 72 valence electrons. The van der Waals surface area contributed by atoms with E-state index in [1.54, 1.807) is 6.92 Å². The number of amides is 1. The predicted molar refractivity (Wildman–Crippen MR) is 43.2 cm³/mol. The molecule has 0 unspecified atom stereocenters. The minimum Gasteiger partial charge on any atom is -0.394 e. The quantitative estimate of drug-likeness (QED) is 0.446. The van der Waals surface area contributed by atoms with Gasteiger partial charge in [-0.25, -0.2) is 9.89 Å². The highest BCUT2D eigenvalue weighted by Gasteiger charge is 2.11. The van der Waals surface area contributed by atoms with E-state index in [0.717, 1.165) is 0 Å². The average Bonchev–Trinajstić information content (AvgIpc) is 2.51. The molecule has 1 aromatic heterocycles. The molecule has 0 fully saturated rings. The number of H-pyrrole nitrogens is 2. The Morgan fingerprint density at radius 1 is 1.77 bits per heavy atom. The first-order valence-electron chi connectivity index (χ1n) is 3.70. The third-order valence-corrected chi connectivity index (χ3v) is 1.37. The van der Waals surface area contributed by atoms with Crippen LogP contribution in [-0.4, -0.2) is 38.8 Å². The van der Waals surface area contributed by atoms with Crippen LogP contribution in [0.2, 0.25) is 0 Å². The summed E-state index contributed by atoms with van der Waals surface area (Å²) in [7, 11) is 0. The number of nitrogens with one attached hydrogen (secondary N) is 3. The Kier molecular flexibility index (Phi) is 2.80. The minimum absolute atomic E-state index is 0.0923. The largest absolute Gasteiger partial charge is 0.394 e. The summed E-state index contributed by atoms with van der Waals surface area (Å²) >= 11 is 0. The van der Waals surface area contributed by atoms with Crippen molar-refractivity contribution in [3.63, 3.8) is 0 Å². The summed E-state index contributed by atoms with van der Waals surface area (Å²) in [5, 5.41) is 16.5. The van der Waals surface area contributed by atoms with Crippen LogP contribution in [0.3, 0.4) is 0 Å². The van der Waals surface area contributed by atoms with Gasteiger partial charge in [-0.1, -0.05) is 0 Å². The van der Waals surface area contributed by atoms with Gasteiger partial charge in [0.05, 0.1) is 6.61 Å². The van der Waals surface area contributed by atoms with Gasteiger partial charge in [0.2, 0.25) is 5.82 Å². The number of aliphatic hydroxyl groups is 1. The Bertz CT molecular complexity index is 342. The molecular weight excluding hydrogens is 176 g/mol. The smallest absolute Gasteiger partial charge is 0.341 e. The van der Waals surface area contributed by atoms with Crippen molar-refractivity contribution in [3.05, 3.63) is 16.3 Å². The Balaban J connectivity index is 2.64. The number of rotatable bonds is 3. The number of nitrogens with zero attached hydrogens (tertiary/aromatic N) is 1. The minimum atomic E-state index is -0.540. The van der Waals surface area contributed by atoms with E-state index in [1.165, 1.54) is 0 Å². The van der Waals surface area contributed by atoms with E-state index in [-0.39, 0.29) is 18.5 Å². The summed E-state index contributed by atoms with van der Waals surface area (Å²) in [5.41, 5.74) is -0.540. The van der Waals surface area contributed by atoms with Crippen molar-refractivity contribution in [1.29, 1.82) is 0 Å². The summed E-state index contributed by atoms with van der Waals surface area (Å²) in [6.45, 7) is 1.46. The molecule has 0 bridgehead atoms. The van der Waals surface area contributed by atoms with Crippen LogP contribution in [0.1, 0.15) is 17.5 Å². The van der Waals surface area contributed by atoms with Crippen molar-refractivity contribution in [2.75, 3.05) is 6.61 Å². The zero-order valence-electron chi connectivity index (χ0n) is 7.00. The molecule has 4 N–H and O–H groups in total.